The fourth-order valence-corrected chi connectivity index (χ4v) is 3.69. The summed E-state index contributed by atoms with van der Waals surface area (Å²) in [5, 5.41) is 19.9. The normalized spacial score (nSPS) is 13.7. The Morgan fingerprint density at radius 2 is 2.03 bits per heavy atom. The van der Waals surface area contributed by atoms with E-state index < -0.39 is 0 Å². The third kappa shape index (κ3) is 4.86. The van der Waals surface area contributed by atoms with E-state index in [1.165, 1.54) is 11.0 Å². The van der Waals surface area contributed by atoms with Gasteiger partial charge in [-0.25, -0.2) is 0 Å². The van der Waals surface area contributed by atoms with Crippen molar-refractivity contribution in [2.45, 2.75) is 38.6 Å². The molecule has 7 heteroatoms. The first kappa shape index (κ1) is 23.1. The molecule has 0 aliphatic rings. The molecule has 0 bridgehead atoms. The lowest BCUT2D eigenvalue weighted by Gasteiger charge is -2.29. The Labute approximate surface area is 177 Å². The van der Waals surface area contributed by atoms with E-state index in [1.54, 1.807) is 37.4 Å². The summed E-state index contributed by atoms with van der Waals surface area (Å²) in [7, 11) is 1.66. The van der Waals surface area contributed by atoms with Crippen LogP contribution in [0.2, 0.25) is 0 Å². The second-order valence-corrected chi connectivity index (χ2v) is 7.44. The Morgan fingerprint density at radius 3 is 2.60 bits per heavy atom. The summed E-state index contributed by atoms with van der Waals surface area (Å²) in [5.74, 6) is 0.407. The van der Waals surface area contributed by atoms with Gasteiger partial charge < -0.3 is 31.6 Å². The second kappa shape index (κ2) is 10.0. The van der Waals surface area contributed by atoms with Gasteiger partial charge in [-0.3, -0.25) is 4.79 Å². The molecule has 1 aromatic carbocycles. The van der Waals surface area contributed by atoms with Crippen molar-refractivity contribution in [3.63, 3.8) is 0 Å². The van der Waals surface area contributed by atoms with Crippen LogP contribution >= 0.6 is 0 Å². The molecule has 7 N–H and O–H groups in total. The molecule has 30 heavy (non-hydrogen) atoms. The maximum absolute atomic E-state index is 12.0. The first-order chi connectivity index (χ1) is 14.2. The molecule has 2 rings (SSSR count). The van der Waals surface area contributed by atoms with Gasteiger partial charge in [0.05, 0.1) is 12.6 Å². The van der Waals surface area contributed by atoms with Crippen molar-refractivity contribution < 1.29 is 15.0 Å². The third-order valence-corrected chi connectivity index (χ3v) is 5.62. The van der Waals surface area contributed by atoms with Gasteiger partial charge in [0.15, 0.2) is 0 Å². The van der Waals surface area contributed by atoms with E-state index in [1.807, 2.05) is 6.92 Å². The highest BCUT2D eigenvalue weighted by atomic mass is 16.3. The number of carbonyl (C=O) groups is 1. The highest BCUT2D eigenvalue weighted by Crippen LogP contribution is 2.34. The number of aromatic amines is 1. The number of aromatic nitrogens is 1. The van der Waals surface area contributed by atoms with Gasteiger partial charge in [0, 0.05) is 35.5 Å². The highest BCUT2D eigenvalue weighted by molar-refractivity contribution is 5.87. The molecular formula is C23H32N4O3. The number of para-hydroxylation sites is 1. The number of amides is 1. The lowest BCUT2D eigenvalue weighted by molar-refractivity contribution is -0.127. The molecule has 2 atom stereocenters. The Kier molecular flexibility index (Phi) is 7.72. The van der Waals surface area contributed by atoms with Crippen LogP contribution in [0.3, 0.4) is 0 Å². The van der Waals surface area contributed by atoms with Crippen molar-refractivity contribution in [3.8, 4) is 5.75 Å². The first-order valence-corrected chi connectivity index (χ1v) is 9.98. The molecule has 162 valence electrons. The Bertz CT molecular complexity index is 933. The van der Waals surface area contributed by atoms with Crippen molar-refractivity contribution in [3.05, 3.63) is 59.3 Å². The van der Waals surface area contributed by atoms with E-state index in [2.05, 4.69) is 18.5 Å². The Morgan fingerprint density at radius 1 is 1.37 bits per heavy atom. The molecule has 1 aromatic heterocycles. The Hall–Kier alpha value is -3.19. The minimum Gasteiger partial charge on any atom is -0.507 e. The zero-order valence-corrected chi connectivity index (χ0v) is 17.9. The van der Waals surface area contributed by atoms with Gasteiger partial charge in [0.2, 0.25) is 5.91 Å². The molecule has 2 aromatic rings. The number of rotatable bonds is 9. The number of benzene rings is 1. The van der Waals surface area contributed by atoms with E-state index in [4.69, 9.17) is 11.5 Å². The van der Waals surface area contributed by atoms with Crippen LogP contribution in [-0.2, 0) is 4.79 Å². The lowest BCUT2D eigenvalue weighted by Crippen LogP contribution is -2.39. The average molecular weight is 413 g/mol. The maximum atomic E-state index is 12.0. The fourth-order valence-electron chi connectivity index (χ4n) is 3.69. The predicted octanol–water partition coefficient (Wildman–Crippen LogP) is 2.96. The van der Waals surface area contributed by atoms with Gasteiger partial charge in [0.1, 0.15) is 11.6 Å². The first-order valence-electron chi connectivity index (χ1n) is 9.98. The van der Waals surface area contributed by atoms with Crippen molar-refractivity contribution >= 4 is 23.5 Å². The lowest BCUT2D eigenvalue weighted by atomic mass is 9.90. The zero-order chi connectivity index (χ0) is 22.4. The van der Waals surface area contributed by atoms with Crippen LogP contribution in [0.5, 0.6) is 5.75 Å². The number of aliphatic hydroxyl groups is 1. The summed E-state index contributed by atoms with van der Waals surface area (Å²) >= 11 is 0. The number of anilines is 1. The van der Waals surface area contributed by atoms with E-state index in [-0.39, 0.29) is 30.2 Å². The fraction of sp³-hybridized carbons (Fsp3) is 0.348. The van der Waals surface area contributed by atoms with Crippen molar-refractivity contribution in [1.82, 2.24) is 9.88 Å². The smallest absolute Gasteiger partial charge is 0.246 e. The Balaban J connectivity index is 2.36. The number of hydrogen-bond acceptors (Lipinski definition) is 5. The second-order valence-electron chi connectivity index (χ2n) is 7.44. The third-order valence-electron chi connectivity index (χ3n) is 5.62. The zero-order valence-electron chi connectivity index (χ0n) is 17.9. The number of likely N-dealkylation sites (N-methyl/N-ethyl adjacent to an activating group) is 1. The molecule has 0 radical (unpaired) electrons. The number of nitrogens with one attached hydrogen (secondary N) is 1. The molecule has 7 nitrogen and oxygen atoms in total. The largest absolute Gasteiger partial charge is 0.507 e. The molecule has 0 saturated heterocycles. The van der Waals surface area contributed by atoms with Gasteiger partial charge in [0.25, 0.3) is 0 Å². The molecule has 0 aliphatic heterocycles. The number of aromatic hydroxyl groups is 1. The number of nitrogens with two attached hydrogens (primary N) is 2. The van der Waals surface area contributed by atoms with E-state index in [0.29, 0.717) is 23.5 Å². The van der Waals surface area contributed by atoms with Crippen LogP contribution in [0, 0.1) is 6.92 Å². The summed E-state index contributed by atoms with van der Waals surface area (Å²) in [6, 6.07) is 6.52. The van der Waals surface area contributed by atoms with E-state index in [0.717, 1.165) is 23.2 Å². The number of nitrogens with zero attached hydrogens (tertiary/aromatic N) is 1. The number of phenols is 1. The number of carbonyl (C=O) groups excluding carboxylic acids is 1. The minimum atomic E-state index is -0.338. The van der Waals surface area contributed by atoms with E-state index in [9.17, 15) is 15.0 Å². The van der Waals surface area contributed by atoms with Gasteiger partial charge in [-0.05, 0) is 49.6 Å². The number of hydrogen-bond donors (Lipinski definition) is 5. The SMILES string of the molecule is C=CC(=O)N(C)C(CO)CC(CC)c1[nH]c(N)c(/C=C(\N)c2ccccc2O)c1C. The number of H-pyrrole nitrogens is 1. The van der Waals surface area contributed by atoms with Gasteiger partial charge in [-0.1, -0.05) is 25.6 Å². The molecule has 0 aliphatic carbocycles. The van der Waals surface area contributed by atoms with Crippen molar-refractivity contribution in [2.24, 2.45) is 5.73 Å². The summed E-state index contributed by atoms with van der Waals surface area (Å²) in [6.07, 6.45) is 4.36. The number of aliphatic hydroxyl groups excluding tert-OH is 1. The van der Waals surface area contributed by atoms with Crippen LogP contribution in [-0.4, -0.2) is 45.7 Å². The van der Waals surface area contributed by atoms with Crippen LogP contribution in [0.1, 0.15) is 48.1 Å². The molecule has 1 heterocycles. The van der Waals surface area contributed by atoms with Gasteiger partial charge >= 0.3 is 0 Å². The maximum Gasteiger partial charge on any atom is 0.246 e. The van der Waals surface area contributed by atoms with Gasteiger partial charge in [-0.15, -0.1) is 0 Å². The predicted molar refractivity (Wildman–Crippen MR) is 122 cm³/mol. The molecule has 0 saturated carbocycles. The topological polar surface area (TPSA) is 129 Å². The van der Waals surface area contributed by atoms with Crippen LogP contribution in [0.15, 0.2) is 36.9 Å². The summed E-state index contributed by atoms with van der Waals surface area (Å²) in [4.78, 5) is 16.7. The minimum absolute atomic E-state index is 0.0537. The van der Waals surface area contributed by atoms with Crippen molar-refractivity contribution in [1.29, 1.82) is 0 Å². The quantitative estimate of drug-likeness (QED) is 0.405. The molecule has 0 fully saturated rings. The monoisotopic (exact) mass is 412 g/mol. The summed E-state index contributed by atoms with van der Waals surface area (Å²) in [5.41, 5.74) is 16.1. The highest BCUT2D eigenvalue weighted by Gasteiger charge is 2.25. The molecule has 0 spiro atoms. The molecular weight excluding hydrogens is 380 g/mol. The average Bonchev–Trinajstić information content (AvgIpc) is 3.02. The summed E-state index contributed by atoms with van der Waals surface area (Å²) < 4.78 is 0. The number of nitrogen functional groups attached to an aromatic ring is 1. The molecule has 1 amide bonds. The van der Waals surface area contributed by atoms with Crippen molar-refractivity contribution in [2.75, 3.05) is 19.4 Å². The number of phenolic OH excluding ortho intramolecular Hbond substituents is 1. The van der Waals surface area contributed by atoms with Crippen LogP contribution in [0.25, 0.3) is 11.8 Å². The van der Waals surface area contributed by atoms with Gasteiger partial charge in [-0.2, -0.15) is 0 Å². The molecule has 2 unspecified atom stereocenters. The standard InChI is InChI=1S/C23H32N4O3/c1-5-15(11-16(13-28)27(4)21(30)6-2)22-14(3)18(23(25)26-22)12-19(24)17-9-7-8-10-20(17)29/h6-10,12,15-16,26,28-29H,2,5,11,13,24-25H2,1,3-4H3/b19-12-. The van der Waals surface area contributed by atoms with Crippen LogP contribution < -0.4 is 11.5 Å². The van der Waals surface area contributed by atoms with Crippen LogP contribution in [0.4, 0.5) is 5.82 Å². The summed E-state index contributed by atoms with van der Waals surface area (Å²) in [6.45, 7) is 7.38. The van der Waals surface area contributed by atoms with E-state index >= 15 is 0 Å².